The molecular formula is C24H44N3O5+. The molecule has 2 rings (SSSR count). The van der Waals surface area contributed by atoms with E-state index in [2.05, 4.69) is 23.5 Å². The molecule has 2 aliphatic rings. The summed E-state index contributed by atoms with van der Waals surface area (Å²) < 4.78 is 10.2. The molecule has 2 heterocycles. The summed E-state index contributed by atoms with van der Waals surface area (Å²) in [7, 11) is 3.70. The van der Waals surface area contributed by atoms with Crippen LogP contribution in [0.3, 0.4) is 0 Å². The Morgan fingerprint density at radius 3 is 2.28 bits per heavy atom. The van der Waals surface area contributed by atoms with Crippen LogP contribution >= 0.6 is 0 Å². The Morgan fingerprint density at radius 1 is 1.09 bits per heavy atom. The molecule has 0 radical (unpaired) electrons. The van der Waals surface area contributed by atoms with Crippen LogP contribution in [0.2, 0.25) is 0 Å². The minimum Gasteiger partial charge on any atom is -0.460 e. The van der Waals surface area contributed by atoms with Crippen LogP contribution in [0.4, 0.5) is 0 Å². The lowest BCUT2D eigenvalue weighted by Crippen LogP contribution is -2.58. The number of likely N-dealkylation sites (N-methyl/N-ethyl adjacent to an activating group) is 1. The van der Waals surface area contributed by atoms with Crippen LogP contribution in [0.1, 0.15) is 60.3 Å². The van der Waals surface area contributed by atoms with Gasteiger partial charge in [0.05, 0.1) is 0 Å². The van der Waals surface area contributed by atoms with Gasteiger partial charge in [-0.15, -0.1) is 0 Å². The van der Waals surface area contributed by atoms with E-state index < -0.39 is 23.5 Å². The van der Waals surface area contributed by atoms with E-state index in [9.17, 15) is 14.4 Å². The molecule has 184 valence electrons. The van der Waals surface area contributed by atoms with Gasteiger partial charge < -0.3 is 14.4 Å². The summed E-state index contributed by atoms with van der Waals surface area (Å²) in [6.45, 7) is 13.1. The Morgan fingerprint density at radius 2 is 1.72 bits per heavy atom. The van der Waals surface area contributed by atoms with Crippen molar-refractivity contribution in [1.29, 1.82) is 0 Å². The zero-order valence-corrected chi connectivity index (χ0v) is 21.1. The van der Waals surface area contributed by atoms with Gasteiger partial charge in [-0.1, -0.05) is 0 Å². The van der Waals surface area contributed by atoms with E-state index in [4.69, 9.17) is 4.74 Å². The maximum absolute atomic E-state index is 13.6. The summed E-state index contributed by atoms with van der Waals surface area (Å²) in [5.74, 6) is -0.703. The number of carbonyl (C=O) groups is 3. The zero-order chi connectivity index (χ0) is 24.1. The molecule has 32 heavy (non-hydrogen) atoms. The van der Waals surface area contributed by atoms with Crippen molar-refractivity contribution in [2.45, 2.75) is 84.6 Å². The van der Waals surface area contributed by atoms with Crippen LogP contribution in [0.15, 0.2) is 0 Å². The molecule has 3 atom stereocenters. The second-order valence-corrected chi connectivity index (χ2v) is 10.1. The maximum Gasteiger partial charge on any atom is 0.319 e. The third-order valence-corrected chi connectivity index (χ3v) is 7.15. The van der Waals surface area contributed by atoms with Crippen molar-refractivity contribution >= 4 is 17.7 Å². The number of amides is 1. The predicted molar refractivity (Wildman–Crippen MR) is 124 cm³/mol. The monoisotopic (exact) mass is 454 g/mol. The number of aliphatic hydroxyl groups is 2. The second kappa shape index (κ2) is 11.6. The molecule has 2 aliphatic heterocycles. The third-order valence-electron chi connectivity index (χ3n) is 7.15. The first-order chi connectivity index (χ1) is 15.0. The highest BCUT2D eigenvalue weighted by molar-refractivity contribution is 6.03. The van der Waals surface area contributed by atoms with Crippen molar-refractivity contribution in [2.75, 3.05) is 46.9 Å². The first-order valence-electron chi connectivity index (χ1n) is 12.1. The van der Waals surface area contributed by atoms with Gasteiger partial charge in [-0.05, 0) is 54.6 Å². The summed E-state index contributed by atoms with van der Waals surface area (Å²) in [5.41, 5.74) is -1.24. The minimum absolute atomic E-state index is 0.00746. The van der Waals surface area contributed by atoms with E-state index >= 15 is 0 Å². The number of piperazine rings is 1. The summed E-state index contributed by atoms with van der Waals surface area (Å²) in [6, 6.07) is -0.120. The van der Waals surface area contributed by atoms with Gasteiger partial charge in [-0.2, -0.15) is 0 Å². The topological polar surface area (TPSA) is 83.0 Å². The van der Waals surface area contributed by atoms with E-state index in [1.165, 1.54) is 0 Å². The number of rotatable bonds is 3. The van der Waals surface area contributed by atoms with Crippen molar-refractivity contribution in [1.82, 2.24) is 14.7 Å². The molecular weight excluding hydrogens is 410 g/mol. The summed E-state index contributed by atoms with van der Waals surface area (Å²) >= 11 is 0. The van der Waals surface area contributed by atoms with Crippen molar-refractivity contribution in [3.8, 4) is 0 Å². The van der Waals surface area contributed by atoms with E-state index in [-0.39, 0.29) is 17.8 Å². The normalized spacial score (nSPS) is 29.8. The molecule has 1 N–H and O–H groups in total. The Kier molecular flexibility index (Phi) is 9.67. The highest BCUT2D eigenvalue weighted by Gasteiger charge is 2.42. The highest BCUT2D eigenvalue weighted by atomic mass is 16.5. The van der Waals surface area contributed by atoms with Gasteiger partial charge in [0, 0.05) is 51.5 Å². The van der Waals surface area contributed by atoms with E-state index in [1.807, 2.05) is 16.8 Å². The highest BCUT2D eigenvalue weighted by Crippen LogP contribution is 2.26. The van der Waals surface area contributed by atoms with Gasteiger partial charge in [-0.25, -0.2) is 0 Å². The van der Waals surface area contributed by atoms with Crippen molar-refractivity contribution < 1.29 is 23.9 Å². The molecule has 0 aliphatic carbocycles. The number of hydrogen-bond donors (Lipinski definition) is 0. The second-order valence-electron chi connectivity index (χ2n) is 10.1. The minimum atomic E-state index is -1.24. The zero-order valence-electron chi connectivity index (χ0n) is 21.1. The Balaban J connectivity index is 2.23. The lowest BCUT2D eigenvalue weighted by Gasteiger charge is -2.41. The van der Waals surface area contributed by atoms with Crippen molar-refractivity contribution in [3.63, 3.8) is 0 Å². The van der Waals surface area contributed by atoms with Crippen LogP contribution in [0, 0.1) is 5.41 Å². The number of Topliss-reactive ketones (excluding diaryl/α,β-unsaturated/α-hetero) is 1. The number of hydrogen-bond acceptors (Lipinski definition) is 6. The smallest absolute Gasteiger partial charge is 0.319 e. The average molecular weight is 455 g/mol. The number of esters is 1. The van der Waals surface area contributed by atoms with E-state index in [1.54, 1.807) is 27.9 Å². The molecule has 8 heteroatoms. The Labute approximate surface area is 193 Å². The molecule has 2 fully saturated rings. The van der Waals surface area contributed by atoms with Crippen LogP contribution in [-0.4, -0.2) is 108 Å². The summed E-state index contributed by atoms with van der Waals surface area (Å²) in [4.78, 5) is 45.6. The first-order valence-corrected chi connectivity index (χ1v) is 12.1. The predicted octanol–water partition coefficient (Wildman–Crippen LogP) is 1.47. The Bertz CT molecular complexity index is 658. The van der Waals surface area contributed by atoms with Crippen molar-refractivity contribution in [2.24, 2.45) is 5.41 Å². The fraction of sp³-hybridized carbons (Fsp3) is 0.875. The van der Waals surface area contributed by atoms with E-state index in [0.717, 1.165) is 25.9 Å². The maximum atomic E-state index is 13.6. The molecule has 0 bridgehead atoms. The first kappa shape index (κ1) is 26.7. The SMILES string of the molecule is C[OH+][C@@H]1CCCN(C)[C@H](C(=O)N2CCN(C(C)C)CC2)[C@H](C)OC(=O)C(C)(C)C(=O)CC1. The molecule has 2 saturated heterocycles. The number of cyclic esters (lactones) is 1. The number of ether oxygens (including phenoxy) is 2. The van der Waals surface area contributed by atoms with Crippen LogP contribution in [0.5, 0.6) is 0 Å². The lowest BCUT2D eigenvalue weighted by atomic mass is 9.85. The summed E-state index contributed by atoms with van der Waals surface area (Å²) in [5, 5.41) is 0. The third kappa shape index (κ3) is 6.51. The summed E-state index contributed by atoms with van der Waals surface area (Å²) in [6.07, 6.45) is 2.08. The number of ketones is 1. The van der Waals surface area contributed by atoms with Crippen LogP contribution in [-0.2, 0) is 19.1 Å². The molecule has 8 nitrogen and oxygen atoms in total. The molecule has 1 amide bonds. The fourth-order valence-corrected chi connectivity index (χ4v) is 4.62. The number of nitrogens with zero attached hydrogens (tertiary/aromatic N) is 3. The number of carbonyl (C=O) groups excluding carboxylic acids is 3. The van der Waals surface area contributed by atoms with Gasteiger partial charge in [0.2, 0.25) is 5.91 Å². The molecule has 0 aromatic carbocycles. The Hall–Kier alpha value is -1.51. The van der Waals surface area contributed by atoms with Gasteiger partial charge in [0.25, 0.3) is 0 Å². The standard InChI is InChI=1S/C24H43N3O5/c1-17(2)26-13-15-27(16-14-26)22(29)21-18(3)32-23(30)24(4,5)20(28)11-10-19(31-7)9-8-12-25(21)6/h17-19,21H,8-16H2,1-7H3/p+1/t18-,19+,21-/m0/s1. The molecule has 0 aromatic heterocycles. The largest absolute Gasteiger partial charge is 0.460 e. The molecule has 0 unspecified atom stereocenters. The van der Waals surface area contributed by atoms with Crippen LogP contribution < -0.4 is 0 Å². The van der Waals surface area contributed by atoms with Crippen molar-refractivity contribution in [3.05, 3.63) is 0 Å². The van der Waals surface area contributed by atoms with E-state index in [0.29, 0.717) is 38.5 Å². The quantitative estimate of drug-likeness (QED) is 0.365. The van der Waals surface area contributed by atoms with Gasteiger partial charge in [-0.3, -0.25) is 24.2 Å². The van der Waals surface area contributed by atoms with Crippen LogP contribution in [0.25, 0.3) is 0 Å². The van der Waals surface area contributed by atoms with Gasteiger partial charge >= 0.3 is 5.97 Å². The van der Waals surface area contributed by atoms with Gasteiger partial charge in [0.15, 0.2) is 6.10 Å². The average Bonchev–Trinajstić information content (AvgIpc) is 2.75. The molecule has 0 spiro atoms. The lowest BCUT2D eigenvalue weighted by molar-refractivity contribution is -0.167. The van der Waals surface area contributed by atoms with Gasteiger partial charge in [0.1, 0.15) is 30.5 Å². The molecule has 0 aromatic rings. The fourth-order valence-electron chi connectivity index (χ4n) is 4.62. The molecule has 0 saturated carbocycles.